The predicted molar refractivity (Wildman–Crippen MR) is 150 cm³/mol. The number of pyridine rings is 1. The van der Waals surface area contributed by atoms with Crippen LogP contribution < -0.4 is 0 Å². The average Bonchev–Trinajstić information content (AvgIpc) is 3.53. The van der Waals surface area contributed by atoms with E-state index >= 15 is 0 Å². The van der Waals surface area contributed by atoms with E-state index in [-0.39, 0.29) is 0 Å². The van der Waals surface area contributed by atoms with Gasteiger partial charge in [0, 0.05) is 38.8 Å². The Balaban J connectivity index is 1.44. The summed E-state index contributed by atoms with van der Waals surface area (Å²) in [7, 11) is 0. The summed E-state index contributed by atoms with van der Waals surface area (Å²) in [6.45, 7) is 0. The van der Waals surface area contributed by atoms with E-state index in [0.717, 1.165) is 22.2 Å². The zero-order chi connectivity index (χ0) is 23.6. The van der Waals surface area contributed by atoms with Crippen LogP contribution in [0.25, 0.3) is 65.9 Å². The van der Waals surface area contributed by atoms with Crippen molar-refractivity contribution >= 4 is 54.4 Å². The SMILES string of the molecule is c1ccc(-n2c3ccccc3c3ccc4c5ccn(-c6ccc7ccccc7n6)c5ccc4c32)cc1. The molecule has 3 aromatic heterocycles. The minimum absolute atomic E-state index is 0.933. The van der Waals surface area contributed by atoms with Crippen molar-refractivity contribution in [1.29, 1.82) is 0 Å². The second kappa shape index (κ2) is 7.30. The molecule has 0 saturated heterocycles. The van der Waals surface area contributed by atoms with Gasteiger partial charge in [0.2, 0.25) is 0 Å². The van der Waals surface area contributed by atoms with Crippen molar-refractivity contribution in [3.05, 3.63) is 128 Å². The monoisotopic (exact) mass is 459 g/mol. The fourth-order valence-electron chi connectivity index (χ4n) is 5.73. The Morgan fingerprint density at radius 2 is 1.19 bits per heavy atom. The molecule has 8 rings (SSSR count). The lowest BCUT2D eigenvalue weighted by atomic mass is 10.0. The molecule has 0 fully saturated rings. The van der Waals surface area contributed by atoms with Crippen LogP contribution in [-0.4, -0.2) is 14.1 Å². The summed E-state index contributed by atoms with van der Waals surface area (Å²) in [5, 5.41) is 7.44. The van der Waals surface area contributed by atoms with E-state index < -0.39 is 0 Å². The van der Waals surface area contributed by atoms with Gasteiger partial charge in [-0.25, -0.2) is 4.98 Å². The van der Waals surface area contributed by atoms with Gasteiger partial charge in [-0.3, -0.25) is 0 Å². The molecule has 0 spiro atoms. The molecule has 0 radical (unpaired) electrons. The van der Waals surface area contributed by atoms with Crippen LogP contribution in [0.4, 0.5) is 0 Å². The third-order valence-corrected chi connectivity index (χ3v) is 7.34. The van der Waals surface area contributed by atoms with Gasteiger partial charge in [-0.05, 0) is 53.9 Å². The third-order valence-electron chi connectivity index (χ3n) is 7.34. The van der Waals surface area contributed by atoms with Gasteiger partial charge in [0.1, 0.15) is 5.82 Å². The van der Waals surface area contributed by atoms with Crippen molar-refractivity contribution < 1.29 is 0 Å². The number of hydrogen-bond donors (Lipinski definition) is 0. The summed E-state index contributed by atoms with van der Waals surface area (Å²) in [6, 6.07) is 43.1. The second-order valence-corrected chi connectivity index (χ2v) is 9.29. The summed E-state index contributed by atoms with van der Waals surface area (Å²) in [5.41, 5.74) is 5.82. The Bertz CT molecular complexity index is 2100. The summed E-state index contributed by atoms with van der Waals surface area (Å²) in [5.74, 6) is 0.933. The highest BCUT2D eigenvalue weighted by Crippen LogP contribution is 2.39. The molecule has 0 saturated carbocycles. The molecule has 0 amide bonds. The van der Waals surface area contributed by atoms with Crippen LogP contribution >= 0.6 is 0 Å². The highest BCUT2D eigenvalue weighted by atomic mass is 15.1. The first-order valence-electron chi connectivity index (χ1n) is 12.2. The number of nitrogens with zero attached hydrogens (tertiary/aromatic N) is 3. The standard InChI is InChI=1S/C33H21N3/c1-2-9-23(10-3-1)36-31-13-7-5-11-25(31)28-16-15-24-26-20-21-35(30(26)18-17-27(24)33(28)36)32-19-14-22-8-4-6-12-29(22)34-32/h1-21H. The molecule has 3 nitrogen and oxygen atoms in total. The minimum atomic E-state index is 0.933. The van der Waals surface area contributed by atoms with E-state index in [1.54, 1.807) is 0 Å². The van der Waals surface area contributed by atoms with Crippen molar-refractivity contribution in [3.63, 3.8) is 0 Å². The van der Waals surface area contributed by atoms with Gasteiger partial charge in [-0.15, -0.1) is 0 Å². The Morgan fingerprint density at radius 1 is 0.472 bits per heavy atom. The molecule has 5 aromatic carbocycles. The Morgan fingerprint density at radius 3 is 2.14 bits per heavy atom. The molecular weight excluding hydrogens is 438 g/mol. The van der Waals surface area contributed by atoms with Gasteiger partial charge >= 0.3 is 0 Å². The molecule has 3 heterocycles. The van der Waals surface area contributed by atoms with E-state index in [2.05, 4.69) is 131 Å². The van der Waals surface area contributed by atoms with Crippen LogP contribution in [0.1, 0.15) is 0 Å². The molecule has 3 heteroatoms. The first-order chi connectivity index (χ1) is 17.9. The lowest BCUT2D eigenvalue weighted by Crippen LogP contribution is -1.96. The molecule has 0 atom stereocenters. The zero-order valence-electron chi connectivity index (χ0n) is 19.5. The second-order valence-electron chi connectivity index (χ2n) is 9.29. The summed E-state index contributed by atoms with van der Waals surface area (Å²) in [4.78, 5) is 4.94. The van der Waals surface area contributed by atoms with Crippen LogP contribution in [0.2, 0.25) is 0 Å². The quantitative estimate of drug-likeness (QED) is 0.254. The molecule has 0 N–H and O–H groups in total. The minimum Gasteiger partial charge on any atom is -0.309 e. The number of rotatable bonds is 2. The number of fused-ring (bicyclic) bond motifs is 8. The van der Waals surface area contributed by atoms with E-state index in [9.17, 15) is 0 Å². The molecule has 168 valence electrons. The van der Waals surface area contributed by atoms with Gasteiger partial charge in [0.05, 0.1) is 22.1 Å². The first-order valence-corrected chi connectivity index (χ1v) is 12.2. The number of para-hydroxylation sites is 3. The van der Waals surface area contributed by atoms with Crippen molar-refractivity contribution in [1.82, 2.24) is 14.1 Å². The van der Waals surface area contributed by atoms with E-state index in [1.165, 1.54) is 43.7 Å². The maximum atomic E-state index is 4.94. The van der Waals surface area contributed by atoms with Crippen LogP contribution in [0.3, 0.4) is 0 Å². The van der Waals surface area contributed by atoms with Crippen molar-refractivity contribution in [2.45, 2.75) is 0 Å². The normalized spacial score (nSPS) is 11.9. The summed E-state index contributed by atoms with van der Waals surface area (Å²) in [6.07, 6.45) is 2.14. The Hall–Kier alpha value is -4.89. The van der Waals surface area contributed by atoms with Crippen molar-refractivity contribution in [2.75, 3.05) is 0 Å². The number of benzene rings is 5. The van der Waals surface area contributed by atoms with Crippen LogP contribution in [0, 0.1) is 0 Å². The van der Waals surface area contributed by atoms with Gasteiger partial charge in [0.25, 0.3) is 0 Å². The molecule has 0 bridgehead atoms. The third kappa shape index (κ3) is 2.65. The maximum absolute atomic E-state index is 4.94. The van der Waals surface area contributed by atoms with Gasteiger partial charge < -0.3 is 9.13 Å². The van der Waals surface area contributed by atoms with Crippen molar-refractivity contribution in [3.8, 4) is 11.5 Å². The van der Waals surface area contributed by atoms with E-state index in [1.807, 2.05) is 6.07 Å². The van der Waals surface area contributed by atoms with Gasteiger partial charge in [-0.2, -0.15) is 0 Å². The van der Waals surface area contributed by atoms with E-state index in [4.69, 9.17) is 4.98 Å². The summed E-state index contributed by atoms with van der Waals surface area (Å²) < 4.78 is 4.60. The Kier molecular flexibility index (Phi) is 3.94. The smallest absolute Gasteiger partial charge is 0.137 e. The fourth-order valence-corrected chi connectivity index (χ4v) is 5.73. The zero-order valence-corrected chi connectivity index (χ0v) is 19.5. The lowest BCUT2D eigenvalue weighted by molar-refractivity contribution is 1.06. The summed E-state index contributed by atoms with van der Waals surface area (Å²) >= 11 is 0. The van der Waals surface area contributed by atoms with Crippen LogP contribution in [0.15, 0.2) is 128 Å². The average molecular weight is 460 g/mol. The molecule has 8 aromatic rings. The maximum Gasteiger partial charge on any atom is 0.137 e. The first kappa shape index (κ1) is 19.4. The lowest BCUT2D eigenvalue weighted by Gasteiger charge is -2.11. The molecule has 0 unspecified atom stereocenters. The number of hydrogen-bond acceptors (Lipinski definition) is 1. The molecule has 0 aliphatic rings. The van der Waals surface area contributed by atoms with Crippen molar-refractivity contribution in [2.24, 2.45) is 0 Å². The van der Waals surface area contributed by atoms with Crippen LogP contribution in [0.5, 0.6) is 0 Å². The molecule has 36 heavy (non-hydrogen) atoms. The van der Waals surface area contributed by atoms with Crippen LogP contribution in [-0.2, 0) is 0 Å². The van der Waals surface area contributed by atoms with Gasteiger partial charge in [-0.1, -0.05) is 72.8 Å². The number of aromatic nitrogens is 3. The highest BCUT2D eigenvalue weighted by Gasteiger charge is 2.16. The largest absolute Gasteiger partial charge is 0.309 e. The van der Waals surface area contributed by atoms with Gasteiger partial charge in [0.15, 0.2) is 0 Å². The topological polar surface area (TPSA) is 22.8 Å². The fraction of sp³-hybridized carbons (Fsp3) is 0. The highest BCUT2D eigenvalue weighted by molar-refractivity contribution is 6.22. The molecule has 0 aliphatic carbocycles. The van der Waals surface area contributed by atoms with E-state index in [0.29, 0.717) is 0 Å². The Labute approximate surface area is 207 Å². The predicted octanol–water partition coefficient (Wildman–Crippen LogP) is 8.43. The molecule has 0 aliphatic heterocycles. The molecular formula is C33H21N3.